The van der Waals surface area contributed by atoms with Gasteiger partial charge >= 0.3 is 5.97 Å². The SMILES string of the molecule is C[C@H]1C(S[C@@H]2CN[C@H](CSCCC(=O)NCC#N)C2)=C(C(=O)O)N2C(=O)[C@H]([C@@H](C)O)C12. The smallest absolute Gasteiger partial charge is 0.353 e. The van der Waals surface area contributed by atoms with Crippen LogP contribution in [-0.2, 0) is 14.4 Å². The molecule has 0 radical (unpaired) electrons. The van der Waals surface area contributed by atoms with Gasteiger partial charge < -0.3 is 25.7 Å². The molecule has 0 aromatic rings. The molecule has 11 heteroatoms. The Morgan fingerprint density at radius 1 is 1.45 bits per heavy atom. The van der Waals surface area contributed by atoms with Crippen LogP contribution in [-0.4, -0.2) is 80.9 Å². The summed E-state index contributed by atoms with van der Waals surface area (Å²) in [7, 11) is 0. The Morgan fingerprint density at radius 3 is 2.84 bits per heavy atom. The summed E-state index contributed by atoms with van der Waals surface area (Å²) in [6, 6.07) is 1.87. The zero-order valence-electron chi connectivity index (χ0n) is 17.5. The predicted molar refractivity (Wildman–Crippen MR) is 118 cm³/mol. The van der Waals surface area contributed by atoms with Gasteiger partial charge in [0.15, 0.2) is 0 Å². The average Bonchev–Trinajstić information content (AvgIpc) is 3.25. The molecule has 2 saturated heterocycles. The molecule has 2 amide bonds. The number of aliphatic carboxylic acids is 1. The second-order valence-corrected chi connectivity index (χ2v) is 10.6. The number of thioether (sulfide) groups is 2. The molecule has 9 nitrogen and oxygen atoms in total. The summed E-state index contributed by atoms with van der Waals surface area (Å²) in [5.74, 6) is -0.662. The van der Waals surface area contributed by atoms with Gasteiger partial charge in [-0.3, -0.25) is 9.59 Å². The van der Waals surface area contributed by atoms with Crippen LogP contribution < -0.4 is 10.6 Å². The lowest BCUT2D eigenvalue weighted by atomic mass is 9.79. The molecule has 170 valence electrons. The number of carbonyl (C=O) groups is 3. The van der Waals surface area contributed by atoms with E-state index >= 15 is 0 Å². The molecule has 0 bridgehead atoms. The Balaban J connectivity index is 1.51. The van der Waals surface area contributed by atoms with Crippen molar-refractivity contribution in [2.45, 2.75) is 50.1 Å². The number of hydrogen-bond acceptors (Lipinski definition) is 8. The van der Waals surface area contributed by atoms with E-state index in [1.54, 1.807) is 18.7 Å². The van der Waals surface area contributed by atoms with E-state index < -0.39 is 18.0 Å². The van der Waals surface area contributed by atoms with Gasteiger partial charge in [-0.15, -0.1) is 11.8 Å². The van der Waals surface area contributed by atoms with Crippen LogP contribution in [0, 0.1) is 23.2 Å². The van der Waals surface area contributed by atoms with Gasteiger partial charge in [0.1, 0.15) is 12.2 Å². The number of aliphatic hydroxyl groups excluding tert-OH is 1. The van der Waals surface area contributed by atoms with Crippen molar-refractivity contribution in [3.8, 4) is 6.07 Å². The number of nitriles is 1. The first-order chi connectivity index (χ1) is 14.8. The van der Waals surface area contributed by atoms with Crippen molar-refractivity contribution in [3.05, 3.63) is 10.6 Å². The van der Waals surface area contributed by atoms with Crippen LogP contribution in [0.1, 0.15) is 26.7 Å². The van der Waals surface area contributed by atoms with Gasteiger partial charge in [0.05, 0.1) is 24.1 Å². The maximum atomic E-state index is 12.4. The van der Waals surface area contributed by atoms with E-state index in [0.717, 1.165) is 23.6 Å². The Morgan fingerprint density at radius 2 is 2.19 bits per heavy atom. The van der Waals surface area contributed by atoms with Gasteiger partial charge in [-0.2, -0.15) is 17.0 Å². The molecule has 3 heterocycles. The van der Waals surface area contributed by atoms with E-state index in [1.807, 2.05) is 13.0 Å². The molecule has 3 rings (SSSR count). The van der Waals surface area contributed by atoms with Crippen molar-refractivity contribution < 1.29 is 24.6 Å². The first-order valence-electron chi connectivity index (χ1n) is 10.4. The number of fused-ring (bicyclic) bond motifs is 1. The minimum absolute atomic E-state index is 0.0288. The number of β-lactam (4-membered cyclic amide) rings is 1. The standard InChI is InChI=1S/C20H28N4O5S2/c1-10-16-15(11(2)25)19(27)24(16)17(20(28)29)18(10)31-13-7-12(23-8-13)9-30-6-3-14(26)22-5-4-21/h10-13,15-16,23,25H,3,5-9H2,1-2H3,(H,22,26)(H,28,29)/t10-,11-,12+,13+,15-,16?/m1/s1. The number of amides is 2. The first-order valence-corrected chi connectivity index (χ1v) is 12.4. The van der Waals surface area contributed by atoms with E-state index in [-0.39, 0.29) is 47.3 Å². The van der Waals surface area contributed by atoms with E-state index in [2.05, 4.69) is 10.6 Å². The largest absolute Gasteiger partial charge is 0.477 e. The quantitative estimate of drug-likeness (QED) is 0.203. The summed E-state index contributed by atoms with van der Waals surface area (Å²) in [5, 5.41) is 34.3. The molecule has 3 aliphatic heterocycles. The van der Waals surface area contributed by atoms with Gasteiger partial charge in [0, 0.05) is 46.6 Å². The summed E-state index contributed by atoms with van der Waals surface area (Å²) in [6.45, 7) is 4.29. The minimum Gasteiger partial charge on any atom is -0.477 e. The molecule has 0 aliphatic carbocycles. The third kappa shape index (κ3) is 5.03. The highest BCUT2D eigenvalue weighted by atomic mass is 32.2. The van der Waals surface area contributed by atoms with E-state index in [1.165, 1.54) is 16.7 Å². The monoisotopic (exact) mass is 468 g/mol. The fraction of sp³-hybridized carbons (Fsp3) is 0.700. The zero-order chi connectivity index (χ0) is 22.7. The molecule has 0 saturated carbocycles. The lowest BCUT2D eigenvalue weighted by Crippen LogP contribution is -2.63. The summed E-state index contributed by atoms with van der Waals surface area (Å²) in [4.78, 5) is 37.9. The molecular weight excluding hydrogens is 440 g/mol. The van der Waals surface area contributed by atoms with Crippen LogP contribution in [0.2, 0.25) is 0 Å². The molecule has 31 heavy (non-hydrogen) atoms. The zero-order valence-corrected chi connectivity index (χ0v) is 19.2. The molecule has 4 N–H and O–H groups in total. The molecule has 6 atom stereocenters. The number of nitrogens with zero attached hydrogens (tertiary/aromatic N) is 2. The van der Waals surface area contributed by atoms with Gasteiger partial charge in [0.2, 0.25) is 11.8 Å². The predicted octanol–water partition coefficient (Wildman–Crippen LogP) is 0.367. The lowest BCUT2D eigenvalue weighted by molar-refractivity contribution is -0.163. The summed E-state index contributed by atoms with van der Waals surface area (Å²) in [6.07, 6.45) is 0.450. The Kier molecular flexibility index (Phi) is 7.91. The van der Waals surface area contributed by atoms with Crippen LogP contribution in [0.3, 0.4) is 0 Å². The molecule has 3 aliphatic rings. The van der Waals surface area contributed by atoms with E-state index in [0.29, 0.717) is 12.2 Å². The second-order valence-electron chi connectivity index (χ2n) is 8.11. The molecule has 0 aromatic heterocycles. The Bertz CT molecular complexity index is 812. The summed E-state index contributed by atoms with van der Waals surface area (Å²) in [5.41, 5.74) is 0.0746. The van der Waals surface area contributed by atoms with Crippen molar-refractivity contribution in [2.75, 3.05) is 24.6 Å². The first kappa shape index (κ1) is 23.9. The van der Waals surface area contributed by atoms with Gasteiger partial charge in [-0.25, -0.2) is 4.79 Å². The minimum atomic E-state index is -1.10. The fourth-order valence-corrected chi connectivity index (χ4v) is 7.03. The third-order valence-electron chi connectivity index (χ3n) is 5.94. The Labute approximate surface area is 190 Å². The molecule has 0 aromatic carbocycles. The van der Waals surface area contributed by atoms with Crippen LogP contribution in [0.25, 0.3) is 0 Å². The number of nitrogens with one attached hydrogen (secondary N) is 2. The van der Waals surface area contributed by atoms with Crippen LogP contribution in [0.5, 0.6) is 0 Å². The number of aliphatic hydroxyl groups is 1. The maximum Gasteiger partial charge on any atom is 0.353 e. The Hall–Kier alpha value is -1.74. The molecule has 1 unspecified atom stereocenters. The highest BCUT2D eigenvalue weighted by Gasteiger charge is 2.60. The lowest BCUT2D eigenvalue weighted by Gasteiger charge is -2.46. The second kappa shape index (κ2) is 10.3. The van der Waals surface area contributed by atoms with Crippen molar-refractivity contribution in [2.24, 2.45) is 11.8 Å². The molecule has 0 spiro atoms. The summed E-state index contributed by atoms with van der Waals surface area (Å²) < 4.78 is 0. The van der Waals surface area contributed by atoms with Crippen molar-refractivity contribution >= 4 is 41.3 Å². The van der Waals surface area contributed by atoms with Crippen molar-refractivity contribution in [1.29, 1.82) is 5.26 Å². The maximum absolute atomic E-state index is 12.4. The van der Waals surface area contributed by atoms with E-state index in [9.17, 15) is 24.6 Å². The topological polar surface area (TPSA) is 143 Å². The highest BCUT2D eigenvalue weighted by molar-refractivity contribution is 8.03. The third-order valence-corrected chi connectivity index (χ3v) is 8.59. The normalized spacial score (nSPS) is 30.6. The van der Waals surface area contributed by atoms with Crippen molar-refractivity contribution in [3.63, 3.8) is 0 Å². The van der Waals surface area contributed by atoms with Gasteiger partial charge in [-0.1, -0.05) is 6.92 Å². The fourth-order valence-electron chi connectivity index (χ4n) is 4.47. The van der Waals surface area contributed by atoms with Gasteiger partial charge in [-0.05, 0) is 13.3 Å². The molecule has 2 fully saturated rings. The van der Waals surface area contributed by atoms with E-state index in [4.69, 9.17) is 5.26 Å². The summed E-state index contributed by atoms with van der Waals surface area (Å²) >= 11 is 3.21. The van der Waals surface area contributed by atoms with Crippen LogP contribution in [0.4, 0.5) is 0 Å². The van der Waals surface area contributed by atoms with Gasteiger partial charge in [0.25, 0.3) is 0 Å². The number of carbonyl (C=O) groups excluding carboxylic acids is 2. The van der Waals surface area contributed by atoms with Crippen LogP contribution in [0.15, 0.2) is 10.6 Å². The molecular formula is C20H28N4O5S2. The highest BCUT2D eigenvalue weighted by Crippen LogP contribution is 2.51. The number of hydrogen-bond donors (Lipinski definition) is 4. The number of carboxylic acids is 1. The number of rotatable bonds is 10. The van der Waals surface area contributed by atoms with Crippen LogP contribution >= 0.6 is 23.5 Å². The number of carboxylic acid groups (broad SMARTS) is 1. The van der Waals surface area contributed by atoms with Crippen molar-refractivity contribution in [1.82, 2.24) is 15.5 Å². The average molecular weight is 469 g/mol.